The van der Waals surface area contributed by atoms with Gasteiger partial charge in [-0.2, -0.15) is 0 Å². The molecule has 1 heterocycles. The van der Waals surface area contributed by atoms with E-state index >= 15 is 0 Å². The predicted molar refractivity (Wildman–Crippen MR) is 90.1 cm³/mol. The Morgan fingerprint density at radius 3 is 2.65 bits per heavy atom. The molecule has 0 spiro atoms. The number of nitrogens with zero attached hydrogens (tertiary/aromatic N) is 3. The number of aromatic nitrogens is 2. The van der Waals surface area contributed by atoms with E-state index < -0.39 is 4.92 Å². The molecule has 116 valence electrons. The first kappa shape index (κ1) is 15.7. The van der Waals surface area contributed by atoms with Crippen molar-refractivity contribution in [2.24, 2.45) is 0 Å². The van der Waals surface area contributed by atoms with E-state index in [-0.39, 0.29) is 5.69 Å². The number of rotatable bonds is 5. The lowest BCUT2D eigenvalue weighted by Gasteiger charge is -2.00. The van der Waals surface area contributed by atoms with Gasteiger partial charge in [0.25, 0.3) is 10.9 Å². The van der Waals surface area contributed by atoms with E-state index in [0.717, 1.165) is 10.0 Å². The molecule has 0 radical (unpaired) electrons. The summed E-state index contributed by atoms with van der Waals surface area (Å²) in [4.78, 5) is 10.6. The summed E-state index contributed by atoms with van der Waals surface area (Å²) in [5.41, 5.74) is 1.51. The molecule has 0 fully saturated rings. The summed E-state index contributed by atoms with van der Waals surface area (Å²) in [5, 5.41) is 19.4. The molecule has 3 rings (SSSR count). The number of hydrogen-bond donors (Lipinski definition) is 0. The van der Waals surface area contributed by atoms with Gasteiger partial charge in [-0.05, 0) is 28.1 Å². The number of halogens is 1. The maximum absolute atomic E-state index is 11.0. The van der Waals surface area contributed by atoms with Crippen molar-refractivity contribution in [3.8, 4) is 11.5 Å². The van der Waals surface area contributed by atoms with Gasteiger partial charge in [-0.1, -0.05) is 42.1 Å². The van der Waals surface area contributed by atoms with Gasteiger partial charge in [-0.3, -0.25) is 10.1 Å². The van der Waals surface area contributed by atoms with Crippen molar-refractivity contribution in [1.82, 2.24) is 10.2 Å². The minimum atomic E-state index is -0.393. The number of benzene rings is 2. The normalized spacial score (nSPS) is 10.7. The van der Waals surface area contributed by atoms with Crippen molar-refractivity contribution >= 4 is 33.4 Å². The van der Waals surface area contributed by atoms with E-state index in [9.17, 15) is 10.1 Å². The molecule has 0 unspecified atom stereocenters. The summed E-state index contributed by atoms with van der Waals surface area (Å²) < 4.78 is 6.47. The van der Waals surface area contributed by atoms with E-state index in [2.05, 4.69) is 26.1 Å². The second kappa shape index (κ2) is 6.93. The lowest BCUT2D eigenvalue weighted by atomic mass is 10.2. The molecule has 6 nitrogen and oxygen atoms in total. The third kappa shape index (κ3) is 3.59. The molecule has 8 heteroatoms. The average Bonchev–Trinajstić information content (AvgIpc) is 3.02. The molecule has 0 aliphatic heterocycles. The maximum Gasteiger partial charge on any atom is 0.277 e. The standard InChI is InChI=1S/C15H10BrN3O3S/c16-12-7-3-2-6-11(12)14-17-18-15(22-14)23-9-10-5-1-4-8-13(10)19(20)21/h1-8H,9H2. The highest BCUT2D eigenvalue weighted by atomic mass is 79.9. The molecule has 0 atom stereocenters. The minimum Gasteiger partial charge on any atom is -0.411 e. The van der Waals surface area contributed by atoms with Crippen LogP contribution in [-0.4, -0.2) is 15.1 Å². The zero-order chi connectivity index (χ0) is 16.2. The molecule has 0 aliphatic rings. The topological polar surface area (TPSA) is 82.1 Å². The van der Waals surface area contributed by atoms with Gasteiger partial charge in [0.05, 0.1) is 10.5 Å². The lowest BCUT2D eigenvalue weighted by molar-refractivity contribution is -0.385. The smallest absolute Gasteiger partial charge is 0.277 e. The van der Waals surface area contributed by atoms with Crippen LogP contribution in [0.1, 0.15) is 5.56 Å². The van der Waals surface area contributed by atoms with Crippen LogP contribution in [0.5, 0.6) is 0 Å². The van der Waals surface area contributed by atoms with Crippen LogP contribution in [0.3, 0.4) is 0 Å². The van der Waals surface area contributed by atoms with Crippen molar-refractivity contribution in [2.75, 3.05) is 0 Å². The Balaban J connectivity index is 1.76. The van der Waals surface area contributed by atoms with Gasteiger partial charge in [-0.25, -0.2) is 0 Å². The SMILES string of the molecule is O=[N+]([O-])c1ccccc1CSc1nnc(-c2ccccc2Br)o1. The molecule has 3 aromatic rings. The number of nitro groups is 1. The first-order valence-corrected chi connectivity index (χ1v) is 8.36. The van der Waals surface area contributed by atoms with Gasteiger partial charge in [-0.15, -0.1) is 10.2 Å². The van der Waals surface area contributed by atoms with E-state index in [4.69, 9.17) is 4.42 Å². The Hall–Kier alpha value is -2.19. The fourth-order valence-electron chi connectivity index (χ4n) is 1.96. The molecule has 0 aliphatic carbocycles. The molecule has 0 bridgehead atoms. The van der Waals surface area contributed by atoms with Crippen LogP contribution in [0.2, 0.25) is 0 Å². The molecule has 1 aromatic heterocycles. The fraction of sp³-hybridized carbons (Fsp3) is 0.0667. The molecule has 0 saturated carbocycles. The van der Waals surface area contributed by atoms with Crippen LogP contribution < -0.4 is 0 Å². The van der Waals surface area contributed by atoms with Gasteiger partial charge in [0.15, 0.2) is 0 Å². The van der Waals surface area contributed by atoms with Crippen LogP contribution in [0.15, 0.2) is 62.6 Å². The van der Waals surface area contributed by atoms with Gasteiger partial charge >= 0.3 is 0 Å². The van der Waals surface area contributed by atoms with Crippen LogP contribution in [0, 0.1) is 10.1 Å². The van der Waals surface area contributed by atoms with E-state index in [0.29, 0.717) is 22.4 Å². The Morgan fingerprint density at radius 2 is 1.87 bits per heavy atom. The molecule has 0 saturated heterocycles. The van der Waals surface area contributed by atoms with Crippen molar-refractivity contribution in [3.63, 3.8) is 0 Å². The maximum atomic E-state index is 11.0. The summed E-state index contributed by atoms with van der Waals surface area (Å²) in [7, 11) is 0. The number of nitro benzene ring substituents is 1. The van der Waals surface area contributed by atoms with Crippen molar-refractivity contribution < 1.29 is 9.34 Å². The van der Waals surface area contributed by atoms with Crippen LogP contribution in [0.25, 0.3) is 11.5 Å². The number of hydrogen-bond acceptors (Lipinski definition) is 6. The minimum absolute atomic E-state index is 0.0885. The van der Waals surface area contributed by atoms with Gasteiger partial charge in [0.1, 0.15) is 0 Å². The summed E-state index contributed by atoms with van der Waals surface area (Å²) >= 11 is 4.70. The highest BCUT2D eigenvalue weighted by molar-refractivity contribution is 9.10. The van der Waals surface area contributed by atoms with Crippen LogP contribution in [0.4, 0.5) is 5.69 Å². The van der Waals surface area contributed by atoms with Crippen molar-refractivity contribution in [3.05, 3.63) is 68.7 Å². The second-order valence-corrected chi connectivity index (χ2v) is 6.31. The Morgan fingerprint density at radius 1 is 1.13 bits per heavy atom. The van der Waals surface area contributed by atoms with Crippen LogP contribution >= 0.6 is 27.7 Å². The molecular weight excluding hydrogens is 382 g/mol. The van der Waals surface area contributed by atoms with E-state index in [1.54, 1.807) is 18.2 Å². The zero-order valence-corrected chi connectivity index (χ0v) is 14.1. The van der Waals surface area contributed by atoms with Gasteiger partial charge in [0, 0.05) is 21.9 Å². The van der Waals surface area contributed by atoms with Crippen LogP contribution in [-0.2, 0) is 5.75 Å². The Bertz CT molecular complexity index is 853. The van der Waals surface area contributed by atoms with Gasteiger partial charge in [0.2, 0.25) is 5.89 Å². The second-order valence-electron chi connectivity index (χ2n) is 4.53. The molecule has 2 aromatic carbocycles. The summed E-state index contributed by atoms with van der Waals surface area (Å²) in [5.74, 6) is 0.789. The summed E-state index contributed by atoms with van der Waals surface area (Å²) in [6.07, 6.45) is 0. The zero-order valence-electron chi connectivity index (χ0n) is 11.7. The molecule has 23 heavy (non-hydrogen) atoms. The quantitative estimate of drug-likeness (QED) is 0.356. The number of para-hydroxylation sites is 1. The Labute approximate surface area is 144 Å². The first-order valence-electron chi connectivity index (χ1n) is 6.58. The fourth-order valence-corrected chi connectivity index (χ4v) is 3.18. The number of thioether (sulfide) groups is 1. The third-order valence-corrected chi connectivity index (χ3v) is 4.61. The summed E-state index contributed by atoms with van der Waals surface area (Å²) in [6, 6.07) is 14.1. The van der Waals surface area contributed by atoms with E-state index in [1.165, 1.54) is 17.8 Å². The van der Waals surface area contributed by atoms with E-state index in [1.807, 2.05) is 24.3 Å². The highest BCUT2D eigenvalue weighted by Gasteiger charge is 2.15. The molecular formula is C15H10BrN3O3S. The monoisotopic (exact) mass is 391 g/mol. The predicted octanol–water partition coefficient (Wildman–Crippen LogP) is 4.70. The first-order chi connectivity index (χ1) is 11.1. The summed E-state index contributed by atoms with van der Waals surface area (Å²) in [6.45, 7) is 0. The average molecular weight is 392 g/mol. The third-order valence-electron chi connectivity index (χ3n) is 3.05. The molecule has 0 N–H and O–H groups in total. The highest BCUT2D eigenvalue weighted by Crippen LogP contribution is 2.31. The van der Waals surface area contributed by atoms with Crippen molar-refractivity contribution in [2.45, 2.75) is 11.0 Å². The Kier molecular flexibility index (Phi) is 4.73. The molecule has 0 amide bonds. The van der Waals surface area contributed by atoms with Gasteiger partial charge < -0.3 is 4.42 Å². The lowest BCUT2D eigenvalue weighted by Crippen LogP contribution is -1.93. The van der Waals surface area contributed by atoms with Crippen molar-refractivity contribution in [1.29, 1.82) is 0 Å². The largest absolute Gasteiger partial charge is 0.411 e.